The highest BCUT2D eigenvalue weighted by Crippen LogP contribution is 2.42. The van der Waals surface area contributed by atoms with Crippen molar-refractivity contribution in [2.45, 2.75) is 36.6 Å². The summed E-state index contributed by atoms with van der Waals surface area (Å²) in [6, 6.07) is 8.54. The minimum absolute atomic E-state index is 0.364. The molecule has 2 aliphatic rings. The van der Waals surface area contributed by atoms with Gasteiger partial charge in [0.15, 0.2) is 0 Å². The van der Waals surface area contributed by atoms with E-state index in [9.17, 15) is 5.11 Å². The van der Waals surface area contributed by atoms with E-state index in [2.05, 4.69) is 39.9 Å². The number of hydrogen-bond donors (Lipinski definition) is 1. The lowest BCUT2D eigenvalue weighted by Gasteiger charge is -2.34. The van der Waals surface area contributed by atoms with E-state index < -0.39 is 0 Å². The maximum Gasteiger partial charge on any atom is 0.115 e. The molecule has 0 saturated carbocycles. The molecule has 1 aromatic carbocycles. The first kappa shape index (κ1) is 12.5. The van der Waals surface area contributed by atoms with Gasteiger partial charge in [0.1, 0.15) is 5.75 Å². The van der Waals surface area contributed by atoms with Crippen molar-refractivity contribution < 1.29 is 5.11 Å². The van der Waals surface area contributed by atoms with E-state index in [1.807, 2.05) is 12.1 Å². The molecule has 1 aromatic rings. The lowest BCUT2D eigenvalue weighted by atomic mass is 9.84. The third-order valence-electron chi connectivity index (χ3n) is 4.67. The number of phenolic OH excluding ortho intramolecular Hbond substituents is 1. The predicted octanol–water partition coefficient (Wildman–Crippen LogP) is 3.35. The van der Waals surface area contributed by atoms with Gasteiger partial charge in [-0.25, -0.2) is 0 Å². The normalized spacial score (nSPS) is 36.6. The maximum absolute atomic E-state index is 9.39. The number of phenols is 1. The summed E-state index contributed by atoms with van der Waals surface area (Å²) in [5.41, 5.74) is 1.38. The van der Waals surface area contributed by atoms with Crippen molar-refractivity contribution in [3.63, 3.8) is 0 Å². The van der Waals surface area contributed by atoms with Gasteiger partial charge in [0.05, 0.1) is 0 Å². The van der Waals surface area contributed by atoms with Crippen LogP contribution in [0.1, 0.15) is 31.2 Å². The van der Waals surface area contributed by atoms with Crippen molar-refractivity contribution in [2.24, 2.45) is 5.92 Å². The van der Waals surface area contributed by atoms with E-state index in [1.54, 1.807) is 0 Å². The molecule has 2 fully saturated rings. The van der Waals surface area contributed by atoms with E-state index in [1.165, 1.54) is 31.5 Å². The summed E-state index contributed by atoms with van der Waals surface area (Å²) in [6.45, 7) is 4.74. The van der Waals surface area contributed by atoms with Crippen molar-refractivity contribution >= 4 is 15.9 Å². The van der Waals surface area contributed by atoms with Gasteiger partial charge < -0.3 is 5.11 Å². The minimum atomic E-state index is 0.364. The van der Waals surface area contributed by atoms with Crippen LogP contribution in [0.3, 0.4) is 0 Å². The highest BCUT2D eigenvalue weighted by atomic mass is 79.9. The molecule has 0 radical (unpaired) electrons. The summed E-state index contributed by atoms with van der Waals surface area (Å²) >= 11 is 3.76. The Bertz CT molecular complexity index is 419. The Morgan fingerprint density at radius 3 is 2.61 bits per heavy atom. The first-order valence-corrected chi connectivity index (χ1v) is 7.74. The topological polar surface area (TPSA) is 23.5 Å². The summed E-state index contributed by atoms with van der Waals surface area (Å²) in [5.74, 6) is 1.70. The van der Waals surface area contributed by atoms with Gasteiger partial charge in [-0.3, -0.25) is 4.90 Å². The molecule has 3 rings (SSSR count). The fraction of sp³-hybridized carbons (Fsp3) is 0.600. The molecule has 4 unspecified atom stereocenters. The van der Waals surface area contributed by atoms with Crippen LogP contribution in [0, 0.1) is 5.92 Å². The molecule has 0 spiro atoms. The molecule has 2 heterocycles. The second kappa shape index (κ2) is 4.86. The molecular formula is C15H20BrNO. The molecule has 3 heteroatoms. The molecule has 0 bridgehead atoms. The largest absolute Gasteiger partial charge is 0.508 e. The number of rotatable bonds is 1. The number of fused-ring (bicyclic) bond motifs is 1. The highest BCUT2D eigenvalue weighted by molar-refractivity contribution is 9.09. The molecule has 0 aromatic heterocycles. The molecule has 2 nitrogen and oxygen atoms in total. The average molecular weight is 310 g/mol. The molecule has 0 aliphatic carbocycles. The van der Waals surface area contributed by atoms with Gasteiger partial charge in [-0.2, -0.15) is 0 Å². The molecule has 2 saturated heterocycles. The Morgan fingerprint density at radius 1 is 1.17 bits per heavy atom. The molecule has 1 N–H and O–H groups in total. The number of piperidine rings is 1. The van der Waals surface area contributed by atoms with Crippen LogP contribution in [-0.2, 0) is 0 Å². The molecule has 2 aliphatic heterocycles. The van der Waals surface area contributed by atoms with Crippen molar-refractivity contribution in [3.8, 4) is 5.75 Å². The van der Waals surface area contributed by atoms with E-state index in [4.69, 9.17) is 0 Å². The lowest BCUT2D eigenvalue weighted by molar-refractivity contribution is 0.183. The van der Waals surface area contributed by atoms with Crippen LogP contribution in [0.15, 0.2) is 24.3 Å². The van der Waals surface area contributed by atoms with Crippen LogP contribution in [-0.4, -0.2) is 34.0 Å². The van der Waals surface area contributed by atoms with E-state index in [0.717, 1.165) is 12.0 Å². The zero-order valence-corrected chi connectivity index (χ0v) is 12.3. The number of aromatic hydroxyl groups is 1. The number of halogens is 1. The molecule has 4 atom stereocenters. The van der Waals surface area contributed by atoms with Crippen LogP contribution >= 0.6 is 15.9 Å². The van der Waals surface area contributed by atoms with Crippen molar-refractivity contribution in [3.05, 3.63) is 29.8 Å². The number of alkyl halides is 1. The van der Waals surface area contributed by atoms with Crippen molar-refractivity contribution in [2.75, 3.05) is 13.1 Å². The van der Waals surface area contributed by atoms with E-state index in [-0.39, 0.29) is 0 Å². The number of hydrogen-bond acceptors (Lipinski definition) is 2. The maximum atomic E-state index is 9.39. The first-order valence-electron chi connectivity index (χ1n) is 6.82. The quantitative estimate of drug-likeness (QED) is 0.804. The summed E-state index contributed by atoms with van der Waals surface area (Å²) in [4.78, 5) is 3.31. The molecule has 98 valence electrons. The van der Waals surface area contributed by atoms with Gasteiger partial charge >= 0.3 is 0 Å². The third-order valence-corrected chi connectivity index (χ3v) is 5.42. The fourth-order valence-electron chi connectivity index (χ4n) is 3.64. The Labute approximate surface area is 117 Å². The van der Waals surface area contributed by atoms with Gasteiger partial charge in [0.2, 0.25) is 0 Å². The van der Waals surface area contributed by atoms with Crippen molar-refractivity contribution in [1.82, 2.24) is 4.90 Å². The Morgan fingerprint density at radius 2 is 1.89 bits per heavy atom. The summed E-state index contributed by atoms with van der Waals surface area (Å²) < 4.78 is 0. The first-order chi connectivity index (χ1) is 8.65. The van der Waals surface area contributed by atoms with Crippen molar-refractivity contribution in [1.29, 1.82) is 0 Å². The fourth-order valence-corrected chi connectivity index (χ4v) is 4.27. The van der Waals surface area contributed by atoms with Gasteiger partial charge in [-0.1, -0.05) is 35.0 Å². The SMILES string of the molecule is CC1C(c2ccc(O)cc2)CN2CC(Br)CCC12. The van der Waals surface area contributed by atoms with Gasteiger partial charge in [-0.05, 0) is 36.5 Å². The predicted molar refractivity (Wildman–Crippen MR) is 77.3 cm³/mol. The van der Waals surface area contributed by atoms with E-state index >= 15 is 0 Å². The summed E-state index contributed by atoms with van der Waals surface area (Å²) in [7, 11) is 0. The highest BCUT2D eigenvalue weighted by Gasteiger charge is 2.41. The Kier molecular flexibility index (Phi) is 3.37. The van der Waals surface area contributed by atoms with E-state index in [0.29, 0.717) is 16.5 Å². The van der Waals surface area contributed by atoms with Crippen LogP contribution in [0.25, 0.3) is 0 Å². The van der Waals surface area contributed by atoms with Crippen LogP contribution < -0.4 is 0 Å². The zero-order valence-electron chi connectivity index (χ0n) is 10.7. The second-order valence-electron chi connectivity index (χ2n) is 5.75. The standard InChI is InChI=1S/C15H20BrNO/c1-10-14(11-2-5-13(18)6-3-11)9-17-8-12(16)4-7-15(10)17/h2-3,5-6,10,12,14-15,18H,4,7-9H2,1H3. The number of nitrogens with zero attached hydrogens (tertiary/aromatic N) is 1. The third kappa shape index (κ3) is 2.19. The van der Waals surface area contributed by atoms with Crippen LogP contribution in [0.2, 0.25) is 0 Å². The smallest absolute Gasteiger partial charge is 0.115 e. The monoisotopic (exact) mass is 309 g/mol. The minimum Gasteiger partial charge on any atom is -0.508 e. The van der Waals surface area contributed by atoms with Crippen LogP contribution in [0.5, 0.6) is 5.75 Å². The van der Waals surface area contributed by atoms with Gasteiger partial charge in [0, 0.05) is 29.9 Å². The Balaban J connectivity index is 1.80. The second-order valence-corrected chi connectivity index (χ2v) is 7.05. The number of benzene rings is 1. The Hall–Kier alpha value is -0.540. The molecular weight excluding hydrogens is 290 g/mol. The summed E-state index contributed by atoms with van der Waals surface area (Å²) in [5, 5.41) is 9.39. The summed E-state index contributed by atoms with van der Waals surface area (Å²) in [6.07, 6.45) is 2.61. The molecule has 0 amide bonds. The lowest BCUT2D eigenvalue weighted by Crippen LogP contribution is -2.41. The van der Waals surface area contributed by atoms with Gasteiger partial charge in [0.25, 0.3) is 0 Å². The van der Waals surface area contributed by atoms with Crippen LogP contribution in [0.4, 0.5) is 0 Å². The zero-order chi connectivity index (χ0) is 12.7. The molecule has 18 heavy (non-hydrogen) atoms. The van der Waals surface area contributed by atoms with Gasteiger partial charge in [-0.15, -0.1) is 0 Å². The average Bonchev–Trinajstić information content (AvgIpc) is 2.67.